The normalized spacial score (nSPS) is 21.0. The first-order valence-electron chi connectivity index (χ1n) is 8.43. The number of hydrogen-bond acceptors (Lipinski definition) is 3. The SMILES string of the molecule is Cn1ccnc1C(=O)NC1CCCC(c2nc3ccccc3[nH]2)C1. The van der Waals surface area contributed by atoms with E-state index in [0.29, 0.717) is 11.7 Å². The number of nitrogens with zero attached hydrogens (tertiary/aromatic N) is 3. The topological polar surface area (TPSA) is 75.6 Å². The number of amides is 1. The Morgan fingerprint density at radius 2 is 2.21 bits per heavy atom. The molecule has 0 radical (unpaired) electrons. The molecule has 1 fully saturated rings. The van der Waals surface area contributed by atoms with Crippen LogP contribution in [0, 0.1) is 0 Å². The average Bonchev–Trinajstić information content (AvgIpc) is 3.21. The third-order valence-corrected chi connectivity index (χ3v) is 4.83. The molecular formula is C18H21N5O. The van der Waals surface area contributed by atoms with Gasteiger partial charge in [-0.25, -0.2) is 9.97 Å². The molecule has 0 aliphatic heterocycles. The molecule has 1 amide bonds. The van der Waals surface area contributed by atoms with Gasteiger partial charge in [-0.1, -0.05) is 18.6 Å². The lowest BCUT2D eigenvalue weighted by Crippen LogP contribution is -2.39. The number of aromatic amines is 1. The van der Waals surface area contributed by atoms with Gasteiger partial charge in [-0.2, -0.15) is 0 Å². The summed E-state index contributed by atoms with van der Waals surface area (Å²) in [4.78, 5) is 24.6. The van der Waals surface area contributed by atoms with E-state index in [9.17, 15) is 4.79 Å². The third kappa shape index (κ3) is 2.79. The quantitative estimate of drug-likeness (QED) is 0.778. The minimum atomic E-state index is -0.0993. The Balaban J connectivity index is 1.47. The third-order valence-electron chi connectivity index (χ3n) is 4.83. The Labute approximate surface area is 140 Å². The van der Waals surface area contributed by atoms with E-state index in [-0.39, 0.29) is 11.9 Å². The number of benzene rings is 1. The van der Waals surface area contributed by atoms with Crippen LogP contribution >= 0.6 is 0 Å². The molecule has 1 aromatic carbocycles. The summed E-state index contributed by atoms with van der Waals surface area (Å²) in [7, 11) is 1.83. The maximum Gasteiger partial charge on any atom is 0.287 e. The van der Waals surface area contributed by atoms with E-state index in [4.69, 9.17) is 4.98 Å². The lowest BCUT2D eigenvalue weighted by molar-refractivity contribution is 0.0911. The minimum Gasteiger partial charge on any atom is -0.347 e. The van der Waals surface area contributed by atoms with Gasteiger partial charge in [-0.05, 0) is 31.4 Å². The van der Waals surface area contributed by atoms with Crippen molar-refractivity contribution < 1.29 is 4.79 Å². The van der Waals surface area contributed by atoms with E-state index in [1.165, 1.54) is 0 Å². The number of carbonyl (C=O) groups is 1. The van der Waals surface area contributed by atoms with Gasteiger partial charge in [0.2, 0.25) is 0 Å². The molecule has 2 heterocycles. The first kappa shape index (κ1) is 14.9. The second-order valence-electron chi connectivity index (χ2n) is 6.53. The number of fused-ring (bicyclic) bond motifs is 1. The number of para-hydroxylation sites is 2. The summed E-state index contributed by atoms with van der Waals surface area (Å²) >= 11 is 0. The van der Waals surface area contributed by atoms with Gasteiger partial charge < -0.3 is 14.9 Å². The van der Waals surface area contributed by atoms with Crippen LogP contribution in [0.4, 0.5) is 0 Å². The number of imidazole rings is 2. The van der Waals surface area contributed by atoms with Gasteiger partial charge in [0.05, 0.1) is 11.0 Å². The standard InChI is InChI=1S/C18H21N5O/c1-23-10-9-19-17(23)18(24)20-13-6-4-5-12(11-13)16-21-14-7-2-3-8-15(14)22-16/h2-3,7-10,12-13H,4-6,11H2,1H3,(H,20,24)(H,21,22). The van der Waals surface area contributed by atoms with Crippen LogP contribution in [0.1, 0.15) is 48.0 Å². The van der Waals surface area contributed by atoms with Gasteiger partial charge in [0.15, 0.2) is 5.82 Å². The van der Waals surface area contributed by atoms with Crippen molar-refractivity contribution in [3.05, 3.63) is 48.3 Å². The fraction of sp³-hybridized carbons (Fsp3) is 0.389. The van der Waals surface area contributed by atoms with E-state index in [1.54, 1.807) is 17.0 Å². The molecule has 0 saturated heterocycles. The summed E-state index contributed by atoms with van der Waals surface area (Å²) < 4.78 is 1.74. The molecule has 0 bridgehead atoms. The predicted octanol–water partition coefficient (Wildman–Crippen LogP) is 2.75. The van der Waals surface area contributed by atoms with Crippen molar-refractivity contribution in [2.24, 2.45) is 7.05 Å². The summed E-state index contributed by atoms with van der Waals surface area (Å²) in [5, 5.41) is 3.13. The Morgan fingerprint density at radius 1 is 1.33 bits per heavy atom. The highest BCUT2D eigenvalue weighted by Crippen LogP contribution is 2.32. The zero-order valence-corrected chi connectivity index (χ0v) is 13.7. The van der Waals surface area contributed by atoms with Gasteiger partial charge in [0, 0.05) is 31.4 Å². The second kappa shape index (κ2) is 6.11. The van der Waals surface area contributed by atoms with Crippen molar-refractivity contribution in [3.63, 3.8) is 0 Å². The molecule has 1 aliphatic rings. The predicted molar refractivity (Wildman–Crippen MR) is 91.8 cm³/mol. The molecule has 2 unspecified atom stereocenters. The number of nitrogens with one attached hydrogen (secondary N) is 2. The maximum atomic E-state index is 12.4. The fourth-order valence-electron chi connectivity index (χ4n) is 3.57. The van der Waals surface area contributed by atoms with Gasteiger partial charge in [0.1, 0.15) is 5.82 Å². The lowest BCUT2D eigenvalue weighted by Gasteiger charge is -2.28. The Kier molecular flexibility index (Phi) is 3.80. The molecule has 1 saturated carbocycles. The van der Waals surface area contributed by atoms with Crippen LogP contribution in [0.15, 0.2) is 36.7 Å². The number of rotatable bonds is 3. The molecule has 2 atom stereocenters. The summed E-state index contributed by atoms with van der Waals surface area (Å²) in [6.07, 6.45) is 7.55. The molecule has 2 N–H and O–H groups in total. The van der Waals surface area contributed by atoms with Crippen LogP contribution in [-0.4, -0.2) is 31.5 Å². The first-order valence-corrected chi connectivity index (χ1v) is 8.43. The van der Waals surface area contributed by atoms with Crippen molar-refractivity contribution >= 4 is 16.9 Å². The smallest absolute Gasteiger partial charge is 0.287 e. The molecule has 24 heavy (non-hydrogen) atoms. The van der Waals surface area contributed by atoms with Crippen molar-refractivity contribution in [2.45, 2.75) is 37.6 Å². The van der Waals surface area contributed by atoms with E-state index >= 15 is 0 Å². The minimum absolute atomic E-state index is 0.0993. The summed E-state index contributed by atoms with van der Waals surface area (Å²) in [6, 6.07) is 8.26. The Bertz CT molecular complexity index is 832. The molecular weight excluding hydrogens is 302 g/mol. The molecule has 124 valence electrons. The molecule has 6 nitrogen and oxygen atoms in total. The lowest BCUT2D eigenvalue weighted by atomic mass is 9.85. The Morgan fingerprint density at radius 3 is 3.00 bits per heavy atom. The number of hydrogen-bond donors (Lipinski definition) is 2. The molecule has 4 rings (SSSR count). The zero-order chi connectivity index (χ0) is 16.5. The molecule has 3 aromatic rings. The van der Waals surface area contributed by atoms with Crippen LogP contribution < -0.4 is 5.32 Å². The van der Waals surface area contributed by atoms with Gasteiger partial charge in [-0.3, -0.25) is 4.79 Å². The maximum absolute atomic E-state index is 12.4. The summed E-state index contributed by atoms with van der Waals surface area (Å²) in [5.74, 6) is 1.75. The number of aryl methyl sites for hydroxylation is 1. The number of H-pyrrole nitrogens is 1. The van der Waals surface area contributed by atoms with Crippen LogP contribution in [0.3, 0.4) is 0 Å². The van der Waals surface area contributed by atoms with E-state index in [0.717, 1.165) is 42.5 Å². The molecule has 6 heteroatoms. The summed E-state index contributed by atoms with van der Waals surface area (Å²) in [5.41, 5.74) is 2.08. The number of aromatic nitrogens is 4. The average molecular weight is 323 g/mol. The van der Waals surface area contributed by atoms with Crippen LogP contribution in [0.2, 0.25) is 0 Å². The Hall–Kier alpha value is -2.63. The number of carbonyl (C=O) groups excluding carboxylic acids is 1. The summed E-state index contributed by atoms with van der Waals surface area (Å²) in [6.45, 7) is 0. The van der Waals surface area contributed by atoms with Crippen LogP contribution in [-0.2, 0) is 7.05 Å². The van der Waals surface area contributed by atoms with E-state index in [1.807, 2.05) is 25.2 Å². The van der Waals surface area contributed by atoms with E-state index in [2.05, 4.69) is 21.4 Å². The largest absolute Gasteiger partial charge is 0.347 e. The zero-order valence-electron chi connectivity index (χ0n) is 13.7. The van der Waals surface area contributed by atoms with Crippen LogP contribution in [0.5, 0.6) is 0 Å². The molecule has 2 aromatic heterocycles. The van der Waals surface area contributed by atoms with Gasteiger partial charge in [-0.15, -0.1) is 0 Å². The van der Waals surface area contributed by atoms with Gasteiger partial charge >= 0.3 is 0 Å². The molecule has 0 spiro atoms. The van der Waals surface area contributed by atoms with Crippen molar-refractivity contribution in [3.8, 4) is 0 Å². The second-order valence-corrected chi connectivity index (χ2v) is 6.53. The highest BCUT2D eigenvalue weighted by molar-refractivity contribution is 5.90. The van der Waals surface area contributed by atoms with E-state index < -0.39 is 0 Å². The van der Waals surface area contributed by atoms with Crippen molar-refractivity contribution in [1.29, 1.82) is 0 Å². The highest BCUT2D eigenvalue weighted by atomic mass is 16.2. The van der Waals surface area contributed by atoms with Crippen LogP contribution in [0.25, 0.3) is 11.0 Å². The first-order chi connectivity index (χ1) is 11.7. The fourth-order valence-corrected chi connectivity index (χ4v) is 3.57. The monoisotopic (exact) mass is 323 g/mol. The van der Waals surface area contributed by atoms with Crippen molar-refractivity contribution in [2.75, 3.05) is 0 Å². The van der Waals surface area contributed by atoms with Crippen molar-refractivity contribution in [1.82, 2.24) is 24.8 Å². The highest BCUT2D eigenvalue weighted by Gasteiger charge is 2.27. The van der Waals surface area contributed by atoms with Gasteiger partial charge in [0.25, 0.3) is 5.91 Å². The molecule has 1 aliphatic carbocycles.